The maximum Gasteiger partial charge on any atom is 0.315 e. The van der Waals surface area contributed by atoms with E-state index in [2.05, 4.69) is 0 Å². The minimum atomic E-state index is -0.848. The Morgan fingerprint density at radius 2 is 2.00 bits per heavy atom. The number of methoxy groups -OCH3 is 2. The number of nitro benzene ring substituents is 1. The number of nitro groups is 1. The second-order valence-corrected chi connectivity index (χ2v) is 3.10. The van der Waals surface area contributed by atoms with Crippen molar-refractivity contribution in [2.75, 3.05) is 14.2 Å². The number of ether oxygens (including phenoxy) is 2. The topological polar surface area (TPSA) is 78.7 Å². The van der Waals surface area contributed by atoms with Crippen molar-refractivity contribution in [3.05, 3.63) is 27.8 Å². The molecule has 0 aromatic heterocycles. The minimum absolute atomic E-state index is 0.102. The smallest absolute Gasteiger partial charge is 0.315 e. The van der Waals surface area contributed by atoms with Gasteiger partial charge in [0.05, 0.1) is 30.8 Å². The largest absolute Gasteiger partial charge is 0.496 e. The highest BCUT2D eigenvalue weighted by atomic mass is 35.5. The fraction of sp³-hybridized carbons (Fsp3) is 0.222. The van der Waals surface area contributed by atoms with E-state index in [1.54, 1.807) is 0 Å². The molecule has 0 N–H and O–H groups in total. The Morgan fingerprint density at radius 1 is 1.38 bits per heavy atom. The highest BCUT2D eigenvalue weighted by molar-refractivity contribution is 6.68. The van der Waals surface area contributed by atoms with Gasteiger partial charge in [0.2, 0.25) is 5.75 Å². The molecule has 0 atom stereocenters. The van der Waals surface area contributed by atoms with E-state index in [4.69, 9.17) is 21.1 Å². The van der Waals surface area contributed by atoms with Crippen LogP contribution < -0.4 is 9.47 Å². The molecule has 0 unspecified atom stereocenters. The lowest BCUT2D eigenvalue weighted by Crippen LogP contribution is -2.01. The van der Waals surface area contributed by atoms with Crippen molar-refractivity contribution >= 4 is 22.5 Å². The Hall–Kier alpha value is -1.82. The average molecular weight is 246 g/mol. The van der Waals surface area contributed by atoms with Crippen molar-refractivity contribution in [1.82, 2.24) is 0 Å². The molecular formula is C9H8ClNO5. The molecule has 0 saturated heterocycles. The van der Waals surface area contributed by atoms with E-state index in [0.29, 0.717) is 0 Å². The summed E-state index contributed by atoms with van der Waals surface area (Å²) in [7, 11) is 2.55. The maximum atomic E-state index is 11.1. The average Bonchev–Trinajstić information content (AvgIpc) is 2.26. The van der Waals surface area contributed by atoms with Crippen LogP contribution in [0.5, 0.6) is 11.5 Å². The normalized spacial score (nSPS) is 9.69. The molecule has 0 spiro atoms. The lowest BCUT2D eigenvalue weighted by molar-refractivity contribution is -0.385. The number of rotatable bonds is 4. The third-order valence-electron chi connectivity index (χ3n) is 1.89. The number of benzene rings is 1. The van der Waals surface area contributed by atoms with Crippen molar-refractivity contribution in [3.63, 3.8) is 0 Å². The SMILES string of the molecule is COc1cc(C(=O)Cl)c(OC)c([N+](=O)[O-])c1. The molecule has 0 amide bonds. The van der Waals surface area contributed by atoms with Gasteiger partial charge in [0.25, 0.3) is 5.24 Å². The van der Waals surface area contributed by atoms with Gasteiger partial charge >= 0.3 is 5.69 Å². The van der Waals surface area contributed by atoms with Crippen LogP contribution in [0.2, 0.25) is 0 Å². The first-order chi connectivity index (χ1) is 7.51. The van der Waals surface area contributed by atoms with Gasteiger partial charge in [-0.25, -0.2) is 0 Å². The van der Waals surface area contributed by atoms with Crippen LogP contribution in [0.4, 0.5) is 5.69 Å². The standard InChI is InChI=1S/C9H8ClNO5/c1-15-5-3-6(9(10)12)8(16-2)7(4-5)11(13)14/h3-4H,1-2H3. The number of hydrogen-bond donors (Lipinski definition) is 0. The number of halogens is 1. The minimum Gasteiger partial charge on any atom is -0.496 e. The summed E-state index contributed by atoms with van der Waals surface area (Å²) in [6.07, 6.45) is 0. The third kappa shape index (κ3) is 2.22. The van der Waals surface area contributed by atoms with E-state index in [-0.39, 0.29) is 22.7 Å². The highest BCUT2D eigenvalue weighted by Crippen LogP contribution is 2.35. The first kappa shape index (κ1) is 12.3. The van der Waals surface area contributed by atoms with Gasteiger partial charge in [-0.15, -0.1) is 0 Å². The molecule has 1 aromatic rings. The fourth-order valence-electron chi connectivity index (χ4n) is 1.20. The summed E-state index contributed by atoms with van der Waals surface area (Å²) in [5.41, 5.74) is -0.471. The molecule has 0 aliphatic heterocycles. The predicted octanol–water partition coefficient (Wildman–Crippen LogP) is 1.99. The van der Waals surface area contributed by atoms with Crippen LogP contribution in [0, 0.1) is 10.1 Å². The molecule has 0 heterocycles. The first-order valence-corrected chi connectivity index (χ1v) is 4.49. The summed E-state index contributed by atoms with van der Waals surface area (Å²) in [5.74, 6) is -0.0118. The molecule has 1 rings (SSSR count). The van der Waals surface area contributed by atoms with Crippen LogP contribution in [0.15, 0.2) is 12.1 Å². The molecule has 16 heavy (non-hydrogen) atoms. The van der Waals surface area contributed by atoms with Crippen LogP contribution in [0.1, 0.15) is 10.4 Å². The van der Waals surface area contributed by atoms with Crippen molar-refractivity contribution in [2.24, 2.45) is 0 Å². The van der Waals surface area contributed by atoms with Gasteiger partial charge in [-0.2, -0.15) is 0 Å². The number of nitrogens with zero attached hydrogens (tertiary/aromatic N) is 1. The lowest BCUT2D eigenvalue weighted by atomic mass is 10.1. The predicted molar refractivity (Wildman–Crippen MR) is 56.4 cm³/mol. The fourth-order valence-corrected chi connectivity index (χ4v) is 1.34. The lowest BCUT2D eigenvalue weighted by Gasteiger charge is -2.07. The summed E-state index contributed by atoms with van der Waals surface area (Å²) in [5, 5.41) is 9.89. The summed E-state index contributed by atoms with van der Waals surface area (Å²) in [6, 6.07) is 2.43. The van der Waals surface area contributed by atoms with Gasteiger partial charge in [-0.1, -0.05) is 0 Å². The van der Waals surface area contributed by atoms with E-state index in [9.17, 15) is 14.9 Å². The summed E-state index contributed by atoms with van der Waals surface area (Å²) in [4.78, 5) is 21.1. The molecule has 0 aliphatic rings. The van der Waals surface area contributed by atoms with Crippen LogP contribution in [-0.4, -0.2) is 24.4 Å². The maximum absolute atomic E-state index is 11.1. The summed E-state index contributed by atoms with van der Waals surface area (Å²) < 4.78 is 9.62. The van der Waals surface area contributed by atoms with Gasteiger partial charge in [0.1, 0.15) is 5.75 Å². The van der Waals surface area contributed by atoms with Crippen molar-refractivity contribution in [1.29, 1.82) is 0 Å². The zero-order valence-corrected chi connectivity index (χ0v) is 9.28. The number of hydrogen-bond acceptors (Lipinski definition) is 5. The van der Waals surface area contributed by atoms with Gasteiger partial charge in [0.15, 0.2) is 0 Å². The molecule has 0 saturated carbocycles. The Balaban J connectivity index is 3.52. The van der Waals surface area contributed by atoms with Gasteiger partial charge in [-0.3, -0.25) is 14.9 Å². The Morgan fingerprint density at radius 3 is 2.38 bits per heavy atom. The Kier molecular flexibility index (Phi) is 3.68. The second kappa shape index (κ2) is 4.80. The van der Waals surface area contributed by atoms with Crippen molar-refractivity contribution < 1.29 is 19.2 Å². The highest BCUT2D eigenvalue weighted by Gasteiger charge is 2.24. The third-order valence-corrected chi connectivity index (χ3v) is 2.09. The number of carbonyl (C=O) groups is 1. The molecule has 0 aliphatic carbocycles. The second-order valence-electron chi connectivity index (χ2n) is 2.76. The van der Waals surface area contributed by atoms with Gasteiger partial charge in [0, 0.05) is 0 Å². The number of carbonyl (C=O) groups excluding carboxylic acids is 1. The molecule has 6 nitrogen and oxygen atoms in total. The van der Waals surface area contributed by atoms with Crippen LogP contribution in [0.3, 0.4) is 0 Å². The molecule has 0 bridgehead atoms. The monoisotopic (exact) mass is 245 g/mol. The molecule has 0 radical (unpaired) electrons. The zero-order chi connectivity index (χ0) is 12.3. The van der Waals surface area contributed by atoms with Crippen LogP contribution >= 0.6 is 11.6 Å². The molecule has 7 heteroatoms. The van der Waals surface area contributed by atoms with E-state index < -0.39 is 10.2 Å². The summed E-state index contributed by atoms with van der Waals surface area (Å²) in [6.45, 7) is 0. The van der Waals surface area contributed by atoms with Crippen molar-refractivity contribution in [3.8, 4) is 11.5 Å². The van der Waals surface area contributed by atoms with E-state index in [0.717, 1.165) is 6.07 Å². The van der Waals surface area contributed by atoms with Crippen molar-refractivity contribution in [2.45, 2.75) is 0 Å². The van der Waals surface area contributed by atoms with Gasteiger partial charge < -0.3 is 9.47 Å². The summed E-state index contributed by atoms with van der Waals surface area (Å²) >= 11 is 5.30. The molecule has 86 valence electrons. The molecule has 0 fully saturated rings. The van der Waals surface area contributed by atoms with E-state index in [1.165, 1.54) is 20.3 Å². The molecule has 1 aromatic carbocycles. The quantitative estimate of drug-likeness (QED) is 0.460. The Bertz CT molecular complexity index is 411. The van der Waals surface area contributed by atoms with Gasteiger partial charge in [-0.05, 0) is 17.7 Å². The Labute approximate surface area is 95.9 Å². The van der Waals surface area contributed by atoms with Crippen LogP contribution in [0.25, 0.3) is 0 Å². The van der Waals surface area contributed by atoms with Crippen LogP contribution in [-0.2, 0) is 0 Å². The molecular weight excluding hydrogens is 238 g/mol. The first-order valence-electron chi connectivity index (χ1n) is 4.11. The van der Waals surface area contributed by atoms with E-state index in [1.807, 2.05) is 0 Å². The zero-order valence-electron chi connectivity index (χ0n) is 8.52. The van der Waals surface area contributed by atoms with E-state index >= 15 is 0 Å².